The quantitative estimate of drug-likeness (QED) is 0.345. The van der Waals surface area contributed by atoms with E-state index in [4.69, 9.17) is 5.11 Å². The fraction of sp³-hybridized carbons (Fsp3) is 0.773. The molecular formula is C22H38O4. The van der Waals surface area contributed by atoms with Crippen molar-refractivity contribution < 1.29 is 20.1 Å². The molecule has 0 saturated heterocycles. The number of aliphatic hydroxyl groups excluding tert-OH is 1. The second-order valence-electron chi connectivity index (χ2n) is 8.19. The van der Waals surface area contributed by atoms with Gasteiger partial charge in [0.2, 0.25) is 0 Å². The van der Waals surface area contributed by atoms with Crippen LogP contribution in [-0.2, 0) is 4.79 Å². The molecule has 0 aromatic rings. The van der Waals surface area contributed by atoms with Crippen LogP contribution in [0.3, 0.4) is 0 Å². The zero-order valence-electron chi connectivity index (χ0n) is 16.7. The molecule has 1 aliphatic carbocycles. The summed E-state index contributed by atoms with van der Waals surface area (Å²) in [6, 6.07) is 0. The summed E-state index contributed by atoms with van der Waals surface area (Å²) in [7, 11) is 0. The van der Waals surface area contributed by atoms with E-state index in [0.29, 0.717) is 12.3 Å². The number of aliphatic carboxylic acids is 1. The van der Waals surface area contributed by atoms with E-state index in [-0.39, 0.29) is 24.4 Å². The minimum Gasteiger partial charge on any atom is -0.481 e. The largest absolute Gasteiger partial charge is 0.481 e. The highest BCUT2D eigenvalue weighted by Crippen LogP contribution is 2.40. The summed E-state index contributed by atoms with van der Waals surface area (Å²) in [5, 5.41) is 29.6. The van der Waals surface area contributed by atoms with Gasteiger partial charge in [-0.2, -0.15) is 0 Å². The van der Waals surface area contributed by atoms with Crippen LogP contribution in [0.2, 0.25) is 0 Å². The second kappa shape index (κ2) is 11.6. The van der Waals surface area contributed by atoms with Gasteiger partial charge in [0.1, 0.15) is 0 Å². The van der Waals surface area contributed by atoms with E-state index >= 15 is 0 Å². The normalized spacial score (nSPS) is 28.8. The fourth-order valence-electron chi connectivity index (χ4n) is 3.91. The van der Waals surface area contributed by atoms with Gasteiger partial charge < -0.3 is 15.3 Å². The van der Waals surface area contributed by atoms with Gasteiger partial charge in [0.25, 0.3) is 0 Å². The lowest BCUT2D eigenvalue weighted by Gasteiger charge is -2.23. The number of hydrogen-bond donors (Lipinski definition) is 3. The number of hydrogen-bond acceptors (Lipinski definition) is 3. The molecule has 4 heteroatoms. The molecule has 1 unspecified atom stereocenters. The second-order valence-corrected chi connectivity index (χ2v) is 8.19. The standard InChI is InChI=1S/C22H38O4/c1-4-5-10-14-22(3,26)15-13-18-17(2)16-20(23)19(18)11-8-6-7-9-12-21(24)25/h6,8,13,15,17-20,23,26H,4-5,7,9-12,14,16H2,1-3H3,(H,24,25)/t17-,18+,19+,20+,22?/m1/s1. The van der Waals surface area contributed by atoms with Crippen LogP contribution in [-0.4, -0.2) is 33.0 Å². The van der Waals surface area contributed by atoms with E-state index in [2.05, 4.69) is 26.0 Å². The lowest BCUT2D eigenvalue weighted by Crippen LogP contribution is -2.23. The van der Waals surface area contributed by atoms with Gasteiger partial charge in [-0.3, -0.25) is 4.79 Å². The summed E-state index contributed by atoms with van der Waals surface area (Å²) in [6.45, 7) is 6.19. The van der Waals surface area contributed by atoms with Crippen molar-refractivity contribution in [2.75, 3.05) is 0 Å². The molecule has 4 nitrogen and oxygen atoms in total. The summed E-state index contributed by atoms with van der Waals surface area (Å²) < 4.78 is 0. The van der Waals surface area contributed by atoms with Crippen LogP contribution in [0.15, 0.2) is 24.3 Å². The molecule has 0 heterocycles. The summed E-state index contributed by atoms with van der Waals surface area (Å²) in [5.41, 5.74) is -0.778. The molecule has 0 aromatic heterocycles. The first-order valence-electron chi connectivity index (χ1n) is 10.2. The van der Waals surface area contributed by atoms with Crippen molar-refractivity contribution in [2.45, 2.75) is 90.3 Å². The van der Waals surface area contributed by atoms with Crippen LogP contribution >= 0.6 is 0 Å². The highest BCUT2D eigenvalue weighted by Gasteiger charge is 2.38. The number of allylic oxidation sites excluding steroid dienone is 3. The minimum absolute atomic E-state index is 0.170. The third-order valence-electron chi connectivity index (χ3n) is 5.56. The summed E-state index contributed by atoms with van der Waals surface area (Å²) in [4.78, 5) is 10.5. The predicted molar refractivity (Wildman–Crippen MR) is 106 cm³/mol. The molecule has 0 aliphatic heterocycles. The van der Waals surface area contributed by atoms with Crippen molar-refractivity contribution in [1.82, 2.24) is 0 Å². The number of aliphatic hydroxyl groups is 2. The molecule has 1 saturated carbocycles. The molecule has 0 spiro atoms. The third kappa shape index (κ3) is 8.50. The van der Waals surface area contributed by atoms with Gasteiger partial charge in [-0.25, -0.2) is 0 Å². The van der Waals surface area contributed by atoms with Gasteiger partial charge in [0, 0.05) is 6.42 Å². The van der Waals surface area contributed by atoms with E-state index in [9.17, 15) is 15.0 Å². The molecule has 0 bridgehead atoms. The van der Waals surface area contributed by atoms with E-state index in [1.807, 2.05) is 19.1 Å². The average molecular weight is 367 g/mol. The molecule has 1 fully saturated rings. The Hall–Kier alpha value is -1.13. The SMILES string of the molecule is CCCCCC(C)(O)C=C[C@@H]1[C@H](CC=CCCCC(=O)O)[C@@H](O)C[C@H]1C. The van der Waals surface area contributed by atoms with Crippen LogP contribution < -0.4 is 0 Å². The molecule has 150 valence electrons. The van der Waals surface area contributed by atoms with E-state index in [0.717, 1.165) is 44.9 Å². The van der Waals surface area contributed by atoms with Gasteiger partial charge >= 0.3 is 5.97 Å². The Balaban J connectivity index is 2.56. The van der Waals surface area contributed by atoms with Gasteiger partial charge in [-0.05, 0) is 56.8 Å². The van der Waals surface area contributed by atoms with Crippen molar-refractivity contribution in [1.29, 1.82) is 0 Å². The molecule has 1 rings (SSSR count). The van der Waals surface area contributed by atoms with Crippen molar-refractivity contribution in [3.05, 3.63) is 24.3 Å². The minimum atomic E-state index is -0.778. The van der Waals surface area contributed by atoms with Gasteiger partial charge in [0.05, 0.1) is 11.7 Å². The first kappa shape index (κ1) is 22.9. The first-order valence-corrected chi connectivity index (χ1v) is 10.2. The Bertz CT molecular complexity index is 467. The van der Waals surface area contributed by atoms with E-state index in [1.54, 1.807) is 0 Å². The van der Waals surface area contributed by atoms with Crippen LogP contribution in [0.5, 0.6) is 0 Å². The first-order chi connectivity index (χ1) is 12.3. The molecule has 3 N–H and O–H groups in total. The monoisotopic (exact) mass is 366 g/mol. The van der Waals surface area contributed by atoms with Crippen molar-refractivity contribution >= 4 is 5.97 Å². The highest BCUT2D eigenvalue weighted by atomic mass is 16.4. The maximum atomic E-state index is 10.5. The molecule has 26 heavy (non-hydrogen) atoms. The Morgan fingerprint density at radius 1 is 1.23 bits per heavy atom. The zero-order valence-corrected chi connectivity index (χ0v) is 16.7. The van der Waals surface area contributed by atoms with Gasteiger partial charge in [-0.15, -0.1) is 0 Å². The third-order valence-corrected chi connectivity index (χ3v) is 5.56. The zero-order chi connectivity index (χ0) is 19.6. The highest BCUT2D eigenvalue weighted by molar-refractivity contribution is 5.66. The number of rotatable bonds is 12. The number of unbranched alkanes of at least 4 members (excludes halogenated alkanes) is 3. The van der Waals surface area contributed by atoms with Crippen LogP contribution in [0.1, 0.15) is 78.6 Å². The molecule has 1 aliphatic rings. The van der Waals surface area contributed by atoms with Crippen LogP contribution in [0.4, 0.5) is 0 Å². The van der Waals surface area contributed by atoms with Crippen LogP contribution in [0.25, 0.3) is 0 Å². The molecule has 0 radical (unpaired) electrons. The topological polar surface area (TPSA) is 77.8 Å². The summed E-state index contributed by atoms with van der Waals surface area (Å²) in [5.74, 6) is 0.0856. The smallest absolute Gasteiger partial charge is 0.303 e. The van der Waals surface area contributed by atoms with Gasteiger partial charge in [0.15, 0.2) is 0 Å². The molecule has 5 atom stereocenters. The van der Waals surface area contributed by atoms with Gasteiger partial charge in [-0.1, -0.05) is 57.4 Å². The Morgan fingerprint density at radius 2 is 1.96 bits per heavy atom. The van der Waals surface area contributed by atoms with Crippen LogP contribution in [0, 0.1) is 17.8 Å². The Morgan fingerprint density at radius 3 is 2.62 bits per heavy atom. The predicted octanol–water partition coefficient (Wildman–Crippen LogP) is 4.71. The fourth-order valence-corrected chi connectivity index (χ4v) is 3.91. The van der Waals surface area contributed by atoms with Crippen molar-refractivity contribution in [3.63, 3.8) is 0 Å². The lowest BCUT2D eigenvalue weighted by molar-refractivity contribution is -0.137. The number of carboxylic acids is 1. The lowest BCUT2D eigenvalue weighted by atomic mass is 9.85. The van der Waals surface area contributed by atoms with E-state index < -0.39 is 11.6 Å². The van der Waals surface area contributed by atoms with Crippen molar-refractivity contribution in [3.8, 4) is 0 Å². The maximum absolute atomic E-state index is 10.5. The molecular weight excluding hydrogens is 328 g/mol. The average Bonchev–Trinajstić information content (AvgIpc) is 2.82. The molecule has 0 aromatic carbocycles. The Kier molecular flexibility index (Phi) is 10.2. The maximum Gasteiger partial charge on any atom is 0.303 e. The molecule has 0 amide bonds. The van der Waals surface area contributed by atoms with E-state index in [1.165, 1.54) is 0 Å². The summed E-state index contributed by atoms with van der Waals surface area (Å²) in [6.07, 6.45) is 15.1. The number of carbonyl (C=O) groups is 1. The Labute approximate surface area is 159 Å². The summed E-state index contributed by atoms with van der Waals surface area (Å²) >= 11 is 0. The number of carboxylic acid groups (broad SMARTS) is 1. The van der Waals surface area contributed by atoms with Crippen molar-refractivity contribution in [2.24, 2.45) is 17.8 Å².